The molecule has 0 aliphatic carbocycles. The molecule has 0 saturated heterocycles. The molecule has 4 nitrogen and oxygen atoms in total. The lowest BCUT2D eigenvalue weighted by Gasteiger charge is -2.15. The summed E-state index contributed by atoms with van der Waals surface area (Å²) in [4.78, 5) is 14.7. The largest absolute Gasteiger partial charge is 0.472 e. The number of hydrogen-bond acceptors (Lipinski definition) is 4. The quantitative estimate of drug-likeness (QED) is 0.268. The monoisotopic (exact) mass is 451 g/mol. The zero-order valence-corrected chi connectivity index (χ0v) is 18.9. The van der Waals surface area contributed by atoms with Crippen LogP contribution in [0.3, 0.4) is 0 Å². The van der Waals surface area contributed by atoms with Crippen molar-refractivity contribution in [2.24, 2.45) is 0 Å². The minimum atomic E-state index is 0.784. The molecule has 6 rings (SSSR count). The third-order valence-electron chi connectivity index (χ3n) is 5.94. The second kappa shape index (κ2) is 9.20. The molecular weight excluding hydrogens is 430 g/mol. The van der Waals surface area contributed by atoms with Gasteiger partial charge in [-0.1, -0.05) is 91.0 Å². The number of hydrogen-bond donors (Lipinski definition) is 0. The van der Waals surface area contributed by atoms with E-state index in [0.29, 0.717) is 0 Å². The van der Waals surface area contributed by atoms with Gasteiger partial charge in [-0.3, -0.25) is 4.98 Å². The molecule has 3 aromatic carbocycles. The van der Waals surface area contributed by atoms with Gasteiger partial charge in [0.2, 0.25) is 0 Å². The fraction of sp³-hybridized carbons (Fsp3) is 0. The first-order valence-electron chi connectivity index (χ1n) is 11.4. The molecule has 0 radical (unpaired) electrons. The fourth-order valence-electron chi connectivity index (χ4n) is 4.19. The summed E-state index contributed by atoms with van der Waals surface area (Å²) in [5.74, 6) is 0. The van der Waals surface area contributed by atoms with Crippen molar-refractivity contribution in [3.63, 3.8) is 0 Å². The maximum atomic E-state index is 5.42. The number of benzene rings is 3. The van der Waals surface area contributed by atoms with Crippen LogP contribution in [-0.4, -0.2) is 15.0 Å². The van der Waals surface area contributed by atoms with Gasteiger partial charge in [-0.15, -0.1) is 0 Å². The van der Waals surface area contributed by atoms with E-state index in [1.165, 1.54) is 0 Å². The second-order valence-electron chi connectivity index (χ2n) is 8.18. The number of furan rings is 1. The summed E-state index contributed by atoms with van der Waals surface area (Å²) in [7, 11) is 0. The lowest BCUT2D eigenvalue weighted by Crippen LogP contribution is -2.00. The zero-order valence-electron chi connectivity index (χ0n) is 18.9. The number of rotatable bonds is 5. The highest BCUT2D eigenvalue weighted by atomic mass is 16.3. The van der Waals surface area contributed by atoms with Crippen LogP contribution in [0.4, 0.5) is 0 Å². The molecule has 0 atom stereocenters. The van der Waals surface area contributed by atoms with E-state index in [1.54, 1.807) is 18.7 Å². The highest BCUT2D eigenvalue weighted by Gasteiger charge is 2.19. The molecule has 0 bridgehead atoms. The minimum absolute atomic E-state index is 0.784. The molecule has 35 heavy (non-hydrogen) atoms. The summed E-state index contributed by atoms with van der Waals surface area (Å²) >= 11 is 0. The lowest BCUT2D eigenvalue weighted by atomic mass is 9.99. The predicted molar refractivity (Wildman–Crippen MR) is 139 cm³/mol. The molecule has 0 unspecified atom stereocenters. The van der Waals surface area contributed by atoms with E-state index < -0.39 is 0 Å². The van der Waals surface area contributed by atoms with Crippen molar-refractivity contribution in [1.29, 1.82) is 0 Å². The Bertz CT molecular complexity index is 1550. The fourth-order valence-corrected chi connectivity index (χ4v) is 4.19. The summed E-state index contributed by atoms with van der Waals surface area (Å²) < 4.78 is 5.42. The van der Waals surface area contributed by atoms with Gasteiger partial charge in [-0.2, -0.15) is 0 Å². The van der Waals surface area contributed by atoms with Crippen molar-refractivity contribution in [3.05, 3.63) is 128 Å². The molecule has 166 valence electrons. The van der Waals surface area contributed by atoms with Gasteiger partial charge >= 0.3 is 0 Å². The van der Waals surface area contributed by atoms with E-state index in [0.717, 1.165) is 56.2 Å². The van der Waals surface area contributed by atoms with Gasteiger partial charge in [0.25, 0.3) is 0 Å². The Morgan fingerprint density at radius 2 is 0.943 bits per heavy atom. The first-order chi connectivity index (χ1) is 17.4. The number of aromatic nitrogens is 3. The van der Waals surface area contributed by atoms with Crippen LogP contribution >= 0.6 is 0 Å². The van der Waals surface area contributed by atoms with Gasteiger partial charge in [-0.25, -0.2) is 9.97 Å². The number of pyridine rings is 1. The van der Waals surface area contributed by atoms with Crippen molar-refractivity contribution < 1.29 is 4.42 Å². The molecule has 3 aromatic heterocycles. The Hall–Kier alpha value is -4.83. The normalized spacial score (nSPS) is 10.9. The van der Waals surface area contributed by atoms with E-state index in [1.807, 2.05) is 54.7 Å². The van der Waals surface area contributed by atoms with Crippen LogP contribution in [0.25, 0.3) is 56.2 Å². The summed E-state index contributed by atoms with van der Waals surface area (Å²) in [5, 5.41) is 0. The van der Waals surface area contributed by atoms with Gasteiger partial charge in [0.1, 0.15) is 5.69 Å². The Labute approximate surface area is 203 Å². The smallest absolute Gasteiger partial charge is 0.101 e. The zero-order chi connectivity index (χ0) is 23.5. The maximum Gasteiger partial charge on any atom is 0.101 e. The van der Waals surface area contributed by atoms with Crippen molar-refractivity contribution in [3.8, 4) is 56.2 Å². The van der Waals surface area contributed by atoms with E-state index in [4.69, 9.17) is 14.4 Å². The van der Waals surface area contributed by atoms with E-state index in [2.05, 4.69) is 59.6 Å². The van der Waals surface area contributed by atoms with E-state index in [9.17, 15) is 0 Å². The van der Waals surface area contributed by atoms with Crippen molar-refractivity contribution in [2.45, 2.75) is 0 Å². The molecule has 3 heterocycles. The summed E-state index contributed by atoms with van der Waals surface area (Å²) in [6.45, 7) is 0. The van der Waals surface area contributed by atoms with Crippen molar-refractivity contribution in [2.75, 3.05) is 0 Å². The molecule has 0 aliphatic rings. The van der Waals surface area contributed by atoms with Crippen LogP contribution < -0.4 is 0 Å². The highest BCUT2D eigenvalue weighted by molar-refractivity contribution is 5.86. The third kappa shape index (κ3) is 4.13. The first-order valence-corrected chi connectivity index (χ1v) is 11.4. The van der Waals surface area contributed by atoms with Gasteiger partial charge in [0.05, 0.1) is 29.6 Å². The van der Waals surface area contributed by atoms with Gasteiger partial charge in [-0.05, 0) is 23.3 Å². The van der Waals surface area contributed by atoms with Crippen LogP contribution in [0.15, 0.2) is 132 Å². The standard InChI is InChI=1S/C31H21N3O/c1-3-8-23(9-4-1)28-29(24-10-5-2-6-11-24)34-31(27-17-19-35-21-27)30(33-28)25-15-13-22(14-16-25)26-12-7-18-32-20-26/h1-21H. The molecule has 0 N–H and O–H groups in total. The van der Waals surface area contributed by atoms with Gasteiger partial charge in [0, 0.05) is 34.6 Å². The second-order valence-corrected chi connectivity index (χ2v) is 8.18. The van der Waals surface area contributed by atoms with Gasteiger partial charge < -0.3 is 4.42 Å². The summed E-state index contributed by atoms with van der Waals surface area (Å²) in [5.41, 5.74) is 9.35. The molecule has 4 heteroatoms. The third-order valence-corrected chi connectivity index (χ3v) is 5.94. The van der Waals surface area contributed by atoms with Crippen LogP contribution in [0.5, 0.6) is 0 Å². The predicted octanol–water partition coefficient (Wildman–Crippen LogP) is 7.80. The van der Waals surface area contributed by atoms with Gasteiger partial charge in [0.15, 0.2) is 0 Å². The average molecular weight is 452 g/mol. The summed E-state index contributed by atoms with van der Waals surface area (Å²) in [6, 6.07) is 34.7. The highest BCUT2D eigenvalue weighted by Crippen LogP contribution is 2.37. The van der Waals surface area contributed by atoms with Crippen LogP contribution in [0, 0.1) is 0 Å². The molecule has 0 fully saturated rings. The van der Waals surface area contributed by atoms with E-state index in [-0.39, 0.29) is 0 Å². The van der Waals surface area contributed by atoms with E-state index >= 15 is 0 Å². The topological polar surface area (TPSA) is 51.8 Å². The number of nitrogens with zero attached hydrogens (tertiary/aromatic N) is 3. The maximum absolute atomic E-state index is 5.42. The summed E-state index contributed by atoms with van der Waals surface area (Å²) in [6.07, 6.45) is 7.03. The molecular formula is C31H21N3O. The lowest BCUT2D eigenvalue weighted by molar-refractivity contribution is 0.568. The van der Waals surface area contributed by atoms with Crippen molar-refractivity contribution in [1.82, 2.24) is 15.0 Å². The van der Waals surface area contributed by atoms with Crippen LogP contribution in [0.1, 0.15) is 0 Å². The minimum Gasteiger partial charge on any atom is -0.472 e. The molecule has 0 saturated carbocycles. The Morgan fingerprint density at radius 3 is 1.46 bits per heavy atom. The molecule has 0 amide bonds. The molecule has 0 spiro atoms. The average Bonchev–Trinajstić information content (AvgIpc) is 3.49. The van der Waals surface area contributed by atoms with Crippen molar-refractivity contribution >= 4 is 0 Å². The Kier molecular flexibility index (Phi) is 5.45. The molecule has 6 aromatic rings. The Morgan fingerprint density at radius 1 is 0.429 bits per heavy atom. The van der Waals surface area contributed by atoms with Crippen LogP contribution in [0.2, 0.25) is 0 Å². The first kappa shape index (κ1) is 20.8. The van der Waals surface area contributed by atoms with Crippen LogP contribution in [-0.2, 0) is 0 Å². The molecule has 0 aliphatic heterocycles. The Balaban J connectivity index is 1.57. The SMILES string of the molecule is c1ccc(-c2nc(-c3ccc(-c4cccnc4)cc3)c(-c3ccoc3)nc2-c2ccccc2)cc1.